The lowest BCUT2D eigenvalue weighted by Crippen LogP contribution is -2.46. The fraction of sp³-hybridized carbons (Fsp3) is 0.444. The summed E-state index contributed by atoms with van der Waals surface area (Å²) in [5.74, 6) is -1.05. The van der Waals surface area contributed by atoms with E-state index in [9.17, 15) is 19.2 Å². The van der Waals surface area contributed by atoms with Gasteiger partial charge in [0.05, 0.1) is 20.9 Å². The van der Waals surface area contributed by atoms with Gasteiger partial charge >= 0.3 is 24.4 Å². The molecular formula is C36H44Cl2N8O8. The first-order valence-corrected chi connectivity index (χ1v) is 17.4. The van der Waals surface area contributed by atoms with Gasteiger partial charge in [0.25, 0.3) is 0 Å². The molecule has 3 aromatic heterocycles. The van der Waals surface area contributed by atoms with Crippen molar-refractivity contribution in [3.8, 4) is 5.69 Å². The molecule has 4 aromatic rings. The highest BCUT2D eigenvalue weighted by atomic mass is 35.5. The van der Waals surface area contributed by atoms with Gasteiger partial charge in [0, 0.05) is 18.5 Å². The van der Waals surface area contributed by atoms with Crippen molar-refractivity contribution in [1.29, 1.82) is 0 Å². The third kappa shape index (κ3) is 10.9. The third-order valence-electron chi connectivity index (χ3n) is 6.28. The minimum Gasteiger partial charge on any atom is -0.443 e. The molecule has 290 valence electrons. The molecule has 3 heterocycles. The van der Waals surface area contributed by atoms with Crippen LogP contribution >= 0.6 is 23.2 Å². The zero-order valence-corrected chi connectivity index (χ0v) is 33.7. The molecule has 4 rings (SSSR count). The highest BCUT2D eigenvalue weighted by molar-refractivity contribution is 6.37. The number of fused-ring (bicyclic) bond motifs is 1. The first kappa shape index (κ1) is 41.5. The number of hydrogen-bond acceptors (Lipinski definition) is 13. The third-order valence-corrected chi connectivity index (χ3v) is 6.89. The van der Waals surface area contributed by atoms with E-state index < -0.39 is 58.5 Å². The van der Waals surface area contributed by atoms with Crippen molar-refractivity contribution in [3.63, 3.8) is 0 Å². The molecule has 0 spiro atoms. The molecule has 1 aromatic carbocycles. The molecule has 0 aliphatic heterocycles. The van der Waals surface area contributed by atoms with Crippen LogP contribution in [0.15, 0.2) is 42.7 Å². The number of imide groups is 2. The van der Waals surface area contributed by atoms with Crippen molar-refractivity contribution in [2.24, 2.45) is 0 Å². The van der Waals surface area contributed by atoms with Crippen molar-refractivity contribution >= 4 is 81.9 Å². The van der Waals surface area contributed by atoms with E-state index in [1.807, 2.05) is 0 Å². The topological polar surface area (TPSA) is 180 Å². The predicted octanol–water partition coefficient (Wildman–Crippen LogP) is 9.61. The second-order valence-electron chi connectivity index (χ2n) is 15.9. The molecule has 0 bridgehead atoms. The molecule has 1 N–H and O–H groups in total. The summed E-state index contributed by atoms with van der Waals surface area (Å²) >= 11 is 12.9. The quantitative estimate of drug-likeness (QED) is 0.189. The molecule has 0 fully saturated rings. The van der Waals surface area contributed by atoms with Gasteiger partial charge in [-0.1, -0.05) is 29.3 Å². The number of benzene rings is 1. The second-order valence-corrected chi connectivity index (χ2v) is 16.7. The van der Waals surface area contributed by atoms with Crippen LogP contribution < -0.4 is 15.1 Å². The van der Waals surface area contributed by atoms with E-state index in [0.717, 1.165) is 0 Å². The number of carbonyl (C=O) groups excluding carboxylic acids is 4. The van der Waals surface area contributed by atoms with Gasteiger partial charge in [0.15, 0.2) is 5.82 Å². The molecule has 0 aliphatic rings. The molecule has 0 saturated carbocycles. The van der Waals surface area contributed by atoms with Crippen LogP contribution in [0.3, 0.4) is 0 Å². The lowest BCUT2D eigenvalue weighted by Gasteiger charge is -2.29. The number of anilines is 4. The fourth-order valence-corrected chi connectivity index (χ4v) is 4.99. The van der Waals surface area contributed by atoms with E-state index in [1.165, 1.54) is 16.9 Å². The Balaban J connectivity index is 1.98. The van der Waals surface area contributed by atoms with Crippen LogP contribution in [0.25, 0.3) is 16.6 Å². The van der Waals surface area contributed by atoms with Crippen molar-refractivity contribution < 1.29 is 38.1 Å². The molecule has 16 nitrogen and oxygen atoms in total. The van der Waals surface area contributed by atoms with Gasteiger partial charge < -0.3 is 24.3 Å². The average molecular weight is 788 g/mol. The maximum absolute atomic E-state index is 13.7. The molecule has 0 atom stereocenters. The largest absolute Gasteiger partial charge is 0.443 e. The van der Waals surface area contributed by atoms with Gasteiger partial charge in [-0.2, -0.15) is 20.0 Å². The van der Waals surface area contributed by atoms with Crippen molar-refractivity contribution in [2.75, 3.05) is 15.1 Å². The van der Waals surface area contributed by atoms with E-state index in [1.54, 1.807) is 114 Å². The summed E-state index contributed by atoms with van der Waals surface area (Å²) in [6.45, 7) is 19.2. The summed E-state index contributed by atoms with van der Waals surface area (Å²) in [5, 5.41) is 8.79. The molecule has 0 radical (unpaired) electrons. The van der Waals surface area contributed by atoms with E-state index in [-0.39, 0.29) is 11.6 Å². The Morgan fingerprint density at radius 2 is 1.15 bits per heavy atom. The van der Waals surface area contributed by atoms with Gasteiger partial charge in [0.2, 0.25) is 5.95 Å². The molecule has 0 aliphatic carbocycles. The zero-order valence-electron chi connectivity index (χ0n) is 32.2. The molecular weight excluding hydrogens is 743 g/mol. The van der Waals surface area contributed by atoms with E-state index in [4.69, 9.17) is 42.1 Å². The Morgan fingerprint density at radius 3 is 1.61 bits per heavy atom. The van der Waals surface area contributed by atoms with Gasteiger partial charge in [-0.15, -0.1) is 4.90 Å². The van der Waals surface area contributed by atoms with E-state index in [0.29, 0.717) is 36.4 Å². The zero-order chi connectivity index (χ0) is 40.6. The summed E-state index contributed by atoms with van der Waals surface area (Å²) in [5.41, 5.74) is -3.43. The number of carbonyl (C=O) groups is 4. The molecule has 0 unspecified atom stereocenters. The lowest BCUT2D eigenvalue weighted by atomic mass is 10.2. The highest BCUT2D eigenvalue weighted by Crippen LogP contribution is 2.33. The van der Waals surface area contributed by atoms with Crippen LogP contribution in [0.1, 0.15) is 83.1 Å². The summed E-state index contributed by atoms with van der Waals surface area (Å²) in [6, 6.07) is 7.89. The Hall–Kier alpha value is -5.22. The van der Waals surface area contributed by atoms with Gasteiger partial charge in [-0.05, 0) is 101 Å². The number of aromatic nitrogens is 5. The number of para-hydroxylation sites is 1. The maximum atomic E-state index is 13.7. The minimum atomic E-state index is -1.21. The number of nitrogens with zero attached hydrogens (tertiary/aromatic N) is 7. The van der Waals surface area contributed by atoms with Crippen molar-refractivity contribution in [1.82, 2.24) is 24.7 Å². The normalized spacial score (nSPS) is 12.2. The smallest absolute Gasteiger partial charge is 0.427 e. The number of halogens is 2. The Morgan fingerprint density at radius 1 is 0.685 bits per heavy atom. The monoisotopic (exact) mass is 786 g/mol. The first-order chi connectivity index (χ1) is 24.7. The van der Waals surface area contributed by atoms with Crippen LogP contribution in [0.5, 0.6) is 0 Å². The van der Waals surface area contributed by atoms with Crippen LogP contribution in [-0.4, -0.2) is 71.5 Å². The number of nitrogens with one attached hydrogen (secondary N) is 1. The van der Waals surface area contributed by atoms with E-state index >= 15 is 0 Å². The van der Waals surface area contributed by atoms with Crippen LogP contribution in [0.2, 0.25) is 10.0 Å². The molecule has 0 saturated heterocycles. The van der Waals surface area contributed by atoms with E-state index in [2.05, 4.69) is 25.4 Å². The SMILES string of the molecule is CC(C)(C)OC(=O)N(C(=O)OC(C)(C)C)c1cc(Nc2nccc3nn(-c4c(Cl)cccc4Cl)cc23)nc(N(C(=O)OC(C)(C)C)C(=O)OC(C)(C)C)n1. The van der Waals surface area contributed by atoms with Crippen molar-refractivity contribution in [2.45, 2.75) is 105 Å². The first-order valence-electron chi connectivity index (χ1n) is 16.7. The lowest BCUT2D eigenvalue weighted by molar-refractivity contribution is 0.0410. The maximum Gasteiger partial charge on any atom is 0.427 e. The van der Waals surface area contributed by atoms with Crippen molar-refractivity contribution in [3.05, 3.63) is 52.8 Å². The second kappa shape index (κ2) is 15.3. The van der Waals surface area contributed by atoms with Crippen LogP contribution in [0, 0.1) is 0 Å². The highest BCUT2D eigenvalue weighted by Gasteiger charge is 2.38. The molecule has 4 amide bonds. The number of rotatable bonds is 5. The van der Waals surface area contributed by atoms with Gasteiger partial charge in [0.1, 0.15) is 39.7 Å². The predicted molar refractivity (Wildman–Crippen MR) is 204 cm³/mol. The fourth-order valence-electron chi connectivity index (χ4n) is 4.42. The summed E-state index contributed by atoms with van der Waals surface area (Å²) in [6.07, 6.45) is -1.67. The van der Waals surface area contributed by atoms with Gasteiger partial charge in [-0.25, -0.2) is 28.8 Å². The summed E-state index contributed by atoms with van der Waals surface area (Å²) in [4.78, 5) is 69.1. The summed E-state index contributed by atoms with van der Waals surface area (Å²) < 4.78 is 23.7. The Labute approximate surface area is 323 Å². The Kier molecular flexibility index (Phi) is 11.7. The minimum absolute atomic E-state index is 0.146. The van der Waals surface area contributed by atoms with Crippen LogP contribution in [0.4, 0.5) is 42.6 Å². The number of pyridine rings is 1. The number of hydrogen-bond donors (Lipinski definition) is 1. The number of amides is 4. The summed E-state index contributed by atoms with van der Waals surface area (Å²) in [7, 11) is 0. The number of ether oxygens (including phenoxy) is 4. The average Bonchev–Trinajstić information content (AvgIpc) is 3.38. The standard InChI is InChI=1S/C36H44Cl2N8O8/c1-33(2,3)51-29(47)45(30(48)52-34(4,5)6)25-18-24(41-28(42-25)46(31(49)53-35(7,8)9)32(50)54-36(10,11)12)40-27-20-19-44(43-23(20)16-17-39-27)26-21(37)14-13-15-22(26)38/h13-19H,1-12H3,(H,39,40,41,42). The van der Waals surface area contributed by atoms with Gasteiger partial charge in [-0.3, -0.25) is 0 Å². The Bertz CT molecular complexity index is 1920. The molecule has 18 heteroatoms. The molecule has 54 heavy (non-hydrogen) atoms. The van der Waals surface area contributed by atoms with Crippen LogP contribution in [-0.2, 0) is 18.9 Å².